The number of imidazole rings is 1. The summed E-state index contributed by atoms with van der Waals surface area (Å²) in [5.74, 6) is -4.85. The molecule has 4 aromatic carbocycles. The minimum absolute atomic E-state index is 0. The zero-order valence-corrected chi connectivity index (χ0v) is 38.4. The van der Waals surface area contributed by atoms with E-state index in [1.807, 2.05) is 48.2 Å². The van der Waals surface area contributed by atoms with E-state index in [0.717, 1.165) is 54.0 Å². The van der Waals surface area contributed by atoms with Crippen LogP contribution >= 0.6 is 0 Å². The quantitative estimate of drug-likeness (QED) is 0.1000. The number of halogens is 4. The monoisotopic (exact) mass is 1000 g/mol. The Morgan fingerprint density at radius 1 is 0.630 bits per heavy atom. The largest absolute Gasteiger partial charge is 0.443 e. The van der Waals surface area contributed by atoms with Gasteiger partial charge in [0, 0.05) is 81.5 Å². The number of aromatic nitrogens is 4. The molecular formula is C53H56F4N10O6. The van der Waals surface area contributed by atoms with Gasteiger partial charge in [0.15, 0.2) is 23.3 Å². The molecule has 16 nitrogen and oxygen atoms in total. The molecule has 382 valence electrons. The molecule has 3 aromatic heterocycles. The van der Waals surface area contributed by atoms with E-state index < -0.39 is 41.4 Å². The number of ether oxygens (including phenoxy) is 2. The number of pyridine rings is 2. The number of rotatable bonds is 9. The van der Waals surface area contributed by atoms with Crippen LogP contribution in [0, 0.1) is 23.3 Å². The summed E-state index contributed by atoms with van der Waals surface area (Å²) in [5, 5.41) is 8.06. The minimum Gasteiger partial charge on any atom is -0.443 e. The molecule has 0 saturated carbocycles. The average Bonchev–Trinajstić information content (AvgIpc) is 3.93. The van der Waals surface area contributed by atoms with Crippen LogP contribution in [0.25, 0.3) is 0 Å². The Bertz CT molecular complexity index is 2970. The normalized spacial score (nSPS) is 14.1. The highest BCUT2D eigenvalue weighted by Gasteiger charge is 2.30. The van der Waals surface area contributed by atoms with Crippen LogP contribution in [0.3, 0.4) is 0 Å². The zero-order valence-electron chi connectivity index (χ0n) is 38.4. The first-order valence-electron chi connectivity index (χ1n) is 22.1. The number of para-hydroxylation sites is 2. The predicted molar refractivity (Wildman–Crippen MR) is 270 cm³/mol. The Balaban J connectivity index is 0.000000215. The smallest absolute Gasteiger partial charge is 0.419 e. The molecule has 5 heterocycles. The maximum Gasteiger partial charge on any atom is 0.419 e. The topological polar surface area (TPSA) is 199 Å². The molecule has 2 atom stereocenters. The zero-order chi connectivity index (χ0) is 50.4. The van der Waals surface area contributed by atoms with Crippen LogP contribution in [0.5, 0.6) is 0 Å². The molecule has 0 aliphatic carbocycles. The van der Waals surface area contributed by atoms with Gasteiger partial charge in [-0.2, -0.15) is 0 Å². The number of alkyl carbamates (subject to hydrolysis) is 1. The number of hydrogen-bond donors (Lipinski definition) is 4. The highest BCUT2D eigenvalue weighted by Crippen LogP contribution is 2.37. The van der Waals surface area contributed by atoms with Gasteiger partial charge in [0.25, 0.3) is 11.8 Å². The van der Waals surface area contributed by atoms with E-state index in [9.17, 15) is 36.7 Å². The highest BCUT2D eigenvalue weighted by molar-refractivity contribution is 6.09. The number of fused-ring (bicyclic) bond motifs is 2. The Morgan fingerprint density at radius 3 is 1.66 bits per heavy atom. The molecular weight excluding hydrogens is 949 g/mol. The van der Waals surface area contributed by atoms with E-state index in [0.29, 0.717) is 41.2 Å². The summed E-state index contributed by atoms with van der Waals surface area (Å²) >= 11 is 0. The number of nitrogens with one attached hydrogen (secondary N) is 3. The molecule has 0 spiro atoms. The SMILES string of the molecule is C.C.CN1CCC(N)c2cccc(C(=O)Nc3ccc(F)c(F)c3)c21.CN1CCC(NC(=O)OCc2ccccn2)c2cccc(C(=O)Nc3ccc(F)c(F)c3)c21.O=C(OCc1ccccn1)n1ccnc1. The van der Waals surface area contributed by atoms with Crippen LogP contribution in [0.4, 0.5) is 49.9 Å². The highest BCUT2D eigenvalue weighted by atomic mass is 19.2. The van der Waals surface area contributed by atoms with Crippen LogP contribution in [-0.2, 0) is 22.7 Å². The van der Waals surface area contributed by atoms with Crippen molar-refractivity contribution >= 4 is 46.8 Å². The molecule has 2 aliphatic rings. The van der Waals surface area contributed by atoms with Crippen molar-refractivity contribution < 1.29 is 46.2 Å². The van der Waals surface area contributed by atoms with Gasteiger partial charge >= 0.3 is 12.2 Å². The van der Waals surface area contributed by atoms with Gasteiger partial charge in [0.2, 0.25) is 0 Å². The summed E-state index contributed by atoms with van der Waals surface area (Å²) < 4.78 is 64.5. The summed E-state index contributed by atoms with van der Waals surface area (Å²) in [6, 6.07) is 27.3. The molecule has 2 unspecified atom stereocenters. The third kappa shape index (κ3) is 14.5. The molecule has 0 bridgehead atoms. The second-order valence-corrected chi connectivity index (χ2v) is 16.1. The first kappa shape index (κ1) is 55.3. The lowest BCUT2D eigenvalue weighted by molar-refractivity contribution is 0.101. The lowest BCUT2D eigenvalue weighted by Gasteiger charge is -2.34. The lowest BCUT2D eigenvalue weighted by atomic mass is 9.93. The van der Waals surface area contributed by atoms with Crippen LogP contribution in [0.2, 0.25) is 0 Å². The Labute approximate surface area is 420 Å². The van der Waals surface area contributed by atoms with Gasteiger partial charge in [-0.3, -0.25) is 19.6 Å². The number of amides is 3. The number of carbonyl (C=O) groups is 4. The Hall–Kier alpha value is -8.65. The van der Waals surface area contributed by atoms with Gasteiger partial charge in [0.1, 0.15) is 19.5 Å². The van der Waals surface area contributed by atoms with E-state index in [-0.39, 0.29) is 57.4 Å². The van der Waals surface area contributed by atoms with E-state index in [1.165, 1.54) is 35.4 Å². The van der Waals surface area contributed by atoms with E-state index in [1.54, 1.807) is 60.9 Å². The number of nitrogens with zero attached hydrogens (tertiary/aromatic N) is 6. The molecule has 0 radical (unpaired) electrons. The molecule has 0 fully saturated rings. The summed E-state index contributed by atoms with van der Waals surface area (Å²) in [4.78, 5) is 65.0. The van der Waals surface area contributed by atoms with Crippen molar-refractivity contribution in [3.05, 3.63) is 197 Å². The number of benzene rings is 4. The second kappa shape index (κ2) is 26.0. The Morgan fingerprint density at radius 2 is 1.15 bits per heavy atom. The van der Waals surface area contributed by atoms with Gasteiger partial charge in [-0.1, -0.05) is 51.3 Å². The lowest BCUT2D eigenvalue weighted by Crippen LogP contribution is -2.37. The minimum atomic E-state index is -1.05. The molecule has 9 rings (SSSR count). The van der Waals surface area contributed by atoms with Gasteiger partial charge in [-0.25, -0.2) is 36.7 Å². The maximum atomic E-state index is 13.5. The number of nitrogens with two attached hydrogens (primary N) is 1. The van der Waals surface area contributed by atoms with Crippen molar-refractivity contribution in [2.24, 2.45) is 5.73 Å². The van der Waals surface area contributed by atoms with Crippen molar-refractivity contribution in [3.63, 3.8) is 0 Å². The molecule has 73 heavy (non-hydrogen) atoms. The fourth-order valence-corrected chi connectivity index (χ4v) is 7.67. The van der Waals surface area contributed by atoms with Gasteiger partial charge < -0.3 is 41.0 Å². The predicted octanol–water partition coefficient (Wildman–Crippen LogP) is 10.2. The average molecular weight is 1010 g/mol. The first-order chi connectivity index (χ1) is 34.2. The van der Waals surface area contributed by atoms with Crippen molar-refractivity contribution in [2.45, 2.75) is 53.0 Å². The number of carbonyl (C=O) groups excluding carboxylic acids is 4. The van der Waals surface area contributed by atoms with Crippen LogP contribution < -0.4 is 31.5 Å². The van der Waals surface area contributed by atoms with Crippen molar-refractivity contribution in [3.8, 4) is 0 Å². The molecule has 7 aromatic rings. The van der Waals surface area contributed by atoms with Crippen molar-refractivity contribution in [2.75, 3.05) is 47.6 Å². The summed E-state index contributed by atoms with van der Waals surface area (Å²) in [6.45, 7) is 1.55. The maximum absolute atomic E-state index is 13.5. The summed E-state index contributed by atoms with van der Waals surface area (Å²) in [6.07, 6.45) is 8.10. The third-order valence-corrected chi connectivity index (χ3v) is 11.2. The fraction of sp³-hybridized carbons (Fsp3) is 0.226. The van der Waals surface area contributed by atoms with E-state index >= 15 is 0 Å². The fourth-order valence-electron chi connectivity index (χ4n) is 7.67. The van der Waals surface area contributed by atoms with E-state index in [4.69, 9.17) is 15.2 Å². The van der Waals surface area contributed by atoms with Crippen LogP contribution in [0.15, 0.2) is 140 Å². The molecule has 3 amide bonds. The van der Waals surface area contributed by atoms with Gasteiger partial charge in [0.05, 0.1) is 39.9 Å². The van der Waals surface area contributed by atoms with Gasteiger partial charge in [-0.05, 0) is 84.6 Å². The Kier molecular flexibility index (Phi) is 19.7. The second-order valence-electron chi connectivity index (χ2n) is 16.1. The molecule has 5 N–H and O–H groups in total. The van der Waals surface area contributed by atoms with Crippen LogP contribution in [-0.4, -0.2) is 70.7 Å². The standard InChI is InChI=1S/C24H22F2N4O3.C17H17F2N3O.C10H9N3O2.2CH4/c1-30-12-10-21(29-24(32)33-14-16-5-2-3-11-27-16)17-6-4-7-18(22(17)30)23(31)28-15-8-9-19(25)20(26)13-15;1-22-8-7-15(20)11-3-2-4-12(16(11)22)17(23)21-10-5-6-13(18)14(19)9-10;14-10(13-6-5-11-8-13)15-7-9-3-1-2-4-12-9;;/h2-9,11,13,21H,10,12,14H2,1H3,(H,28,31)(H,29,32);2-6,9,15H,7-8,20H2,1H3,(H,21,23);1-6,8H,7H2;2*1H4. The van der Waals surface area contributed by atoms with Crippen LogP contribution in [0.1, 0.15) is 83.0 Å². The molecule has 0 saturated heterocycles. The number of hydrogen-bond acceptors (Lipinski definition) is 12. The summed E-state index contributed by atoms with van der Waals surface area (Å²) in [5.41, 5.74) is 11.7. The first-order valence-corrected chi connectivity index (χ1v) is 22.1. The number of anilines is 4. The molecule has 20 heteroatoms. The van der Waals surface area contributed by atoms with Gasteiger partial charge in [-0.15, -0.1) is 0 Å². The van der Waals surface area contributed by atoms with Crippen molar-refractivity contribution in [1.29, 1.82) is 0 Å². The third-order valence-electron chi connectivity index (χ3n) is 11.2. The van der Waals surface area contributed by atoms with Crippen molar-refractivity contribution in [1.82, 2.24) is 24.8 Å². The molecule has 2 aliphatic heterocycles. The van der Waals surface area contributed by atoms with E-state index in [2.05, 4.69) is 30.9 Å². The summed E-state index contributed by atoms with van der Waals surface area (Å²) in [7, 11) is 3.75.